The minimum absolute atomic E-state index is 0.0277. The van der Waals surface area contributed by atoms with Gasteiger partial charge in [-0.05, 0) is 36.6 Å². The van der Waals surface area contributed by atoms with Gasteiger partial charge in [-0.15, -0.1) is 4.41 Å². The molecule has 0 radical (unpaired) electrons. The molecule has 196 valence electrons. The third kappa shape index (κ3) is 6.39. The zero-order valence-electron chi connectivity index (χ0n) is 19.8. The van der Waals surface area contributed by atoms with Gasteiger partial charge in [0.15, 0.2) is 0 Å². The number of likely N-dealkylation sites (N-methyl/N-ethyl adjacent to an activating group) is 1. The topological polar surface area (TPSA) is 190 Å². The van der Waals surface area contributed by atoms with Crippen LogP contribution in [-0.2, 0) is 24.8 Å². The van der Waals surface area contributed by atoms with Crippen LogP contribution in [0.25, 0.3) is 0 Å². The lowest BCUT2D eigenvalue weighted by Gasteiger charge is -2.29. The van der Waals surface area contributed by atoms with E-state index in [9.17, 15) is 41.9 Å². The summed E-state index contributed by atoms with van der Waals surface area (Å²) in [5.74, 6) is -1.11. The largest absolute Gasteiger partial charge is 0.274 e. The molecular weight excluding hydrogens is 518 g/mol. The first-order valence-electron chi connectivity index (χ1n) is 10.4. The minimum Gasteiger partial charge on any atom is -0.274 e. The monoisotopic (exact) mass is 543 g/mol. The summed E-state index contributed by atoms with van der Waals surface area (Å²) in [6, 6.07) is 6.79. The molecule has 36 heavy (non-hydrogen) atoms. The summed E-state index contributed by atoms with van der Waals surface area (Å²) in [5, 5.41) is 21.7. The van der Waals surface area contributed by atoms with Crippen LogP contribution in [0.1, 0.15) is 20.3 Å². The highest BCUT2D eigenvalue weighted by molar-refractivity contribution is 7.89. The van der Waals surface area contributed by atoms with E-state index in [0.717, 1.165) is 66.9 Å². The highest BCUT2D eigenvalue weighted by Gasteiger charge is 2.35. The van der Waals surface area contributed by atoms with Gasteiger partial charge >= 0.3 is 0 Å². The maximum Gasteiger partial charge on any atom is 0.269 e. The molecule has 14 nitrogen and oxygen atoms in total. The van der Waals surface area contributed by atoms with Gasteiger partial charge in [-0.3, -0.25) is 30.4 Å². The first-order valence-corrected chi connectivity index (χ1v) is 13.2. The Hall–Kier alpha value is -3.47. The van der Waals surface area contributed by atoms with Crippen LogP contribution < -0.4 is 5.43 Å². The number of rotatable bonds is 11. The molecule has 16 heteroatoms. The number of non-ortho nitro benzene ring substituents is 2. The molecule has 2 rings (SSSR count). The van der Waals surface area contributed by atoms with E-state index in [0.29, 0.717) is 4.41 Å². The summed E-state index contributed by atoms with van der Waals surface area (Å²) in [6.45, 7) is 3.48. The van der Waals surface area contributed by atoms with Crippen LogP contribution in [0.3, 0.4) is 0 Å². The predicted octanol–water partition coefficient (Wildman–Crippen LogP) is 1.89. The average molecular weight is 544 g/mol. The Morgan fingerprint density at radius 2 is 1.22 bits per heavy atom. The van der Waals surface area contributed by atoms with Crippen LogP contribution in [-0.4, -0.2) is 61.4 Å². The third-order valence-electron chi connectivity index (χ3n) is 5.13. The number of carbonyl (C=O) groups is 1. The van der Waals surface area contributed by atoms with E-state index < -0.39 is 41.8 Å². The van der Waals surface area contributed by atoms with E-state index in [1.54, 1.807) is 13.8 Å². The lowest BCUT2D eigenvalue weighted by Crippen LogP contribution is -2.53. The van der Waals surface area contributed by atoms with Crippen LogP contribution in [0.15, 0.2) is 58.3 Å². The van der Waals surface area contributed by atoms with Gasteiger partial charge in [-0.25, -0.2) is 16.8 Å². The Balaban J connectivity index is 2.31. The van der Waals surface area contributed by atoms with E-state index in [1.807, 2.05) is 0 Å². The molecule has 0 saturated carbocycles. The van der Waals surface area contributed by atoms with E-state index in [2.05, 4.69) is 5.43 Å². The molecule has 1 amide bonds. The molecule has 0 aliphatic carbocycles. The Bertz CT molecular complexity index is 1340. The van der Waals surface area contributed by atoms with Crippen molar-refractivity contribution in [2.75, 3.05) is 14.1 Å². The van der Waals surface area contributed by atoms with Crippen molar-refractivity contribution in [2.45, 2.75) is 36.1 Å². The molecule has 0 spiro atoms. The van der Waals surface area contributed by atoms with Crippen LogP contribution >= 0.6 is 0 Å². The van der Waals surface area contributed by atoms with E-state index in [-0.39, 0.29) is 33.5 Å². The number of nitrogens with zero attached hydrogens (tertiary/aromatic N) is 4. The highest BCUT2D eigenvalue weighted by atomic mass is 32.2. The number of hydrogen-bond acceptors (Lipinski definition) is 9. The van der Waals surface area contributed by atoms with Gasteiger partial charge in [0, 0.05) is 38.4 Å². The fourth-order valence-corrected chi connectivity index (χ4v) is 5.46. The number of amides is 1. The molecule has 0 aliphatic heterocycles. The molecule has 0 saturated heterocycles. The second kappa shape index (κ2) is 11.1. The third-order valence-corrected chi connectivity index (χ3v) is 8.70. The predicted molar refractivity (Wildman–Crippen MR) is 127 cm³/mol. The fourth-order valence-electron chi connectivity index (χ4n) is 3.13. The van der Waals surface area contributed by atoms with Gasteiger partial charge in [-0.2, -0.15) is 4.31 Å². The number of benzene rings is 2. The Morgan fingerprint density at radius 3 is 1.58 bits per heavy atom. The molecule has 0 aromatic heterocycles. The summed E-state index contributed by atoms with van der Waals surface area (Å²) >= 11 is 0. The number of nitrogens with one attached hydrogen (secondary N) is 1. The first-order chi connectivity index (χ1) is 16.6. The van der Waals surface area contributed by atoms with Crippen molar-refractivity contribution in [3.05, 3.63) is 68.8 Å². The molecule has 1 N–H and O–H groups in total. The average Bonchev–Trinajstić information content (AvgIpc) is 2.81. The lowest BCUT2D eigenvalue weighted by molar-refractivity contribution is -0.385. The van der Waals surface area contributed by atoms with Crippen LogP contribution in [0, 0.1) is 26.1 Å². The maximum absolute atomic E-state index is 13.1. The van der Waals surface area contributed by atoms with Crippen LogP contribution in [0.4, 0.5) is 11.4 Å². The lowest BCUT2D eigenvalue weighted by atomic mass is 10.0. The zero-order valence-corrected chi connectivity index (χ0v) is 21.4. The van der Waals surface area contributed by atoms with Gasteiger partial charge < -0.3 is 0 Å². The molecule has 0 bridgehead atoms. The van der Waals surface area contributed by atoms with Crippen molar-refractivity contribution in [1.82, 2.24) is 14.1 Å². The summed E-state index contributed by atoms with van der Waals surface area (Å²) < 4.78 is 53.2. The van der Waals surface area contributed by atoms with Crippen molar-refractivity contribution in [3.63, 3.8) is 0 Å². The number of sulfonamides is 2. The van der Waals surface area contributed by atoms with Crippen LogP contribution in [0.2, 0.25) is 0 Å². The quantitative estimate of drug-likeness (QED) is 0.326. The summed E-state index contributed by atoms with van der Waals surface area (Å²) in [6.07, 6.45) is 0.0277. The Kier molecular flexibility index (Phi) is 8.84. The van der Waals surface area contributed by atoms with Crippen LogP contribution in [0.5, 0.6) is 0 Å². The number of hydrazine groups is 1. The molecule has 2 aromatic carbocycles. The van der Waals surface area contributed by atoms with Crippen molar-refractivity contribution in [1.29, 1.82) is 0 Å². The van der Waals surface area contributed by atoms with Gasteiger partial charge in [0.25, 0.3) is 27.3 Å². The van der Waals surface area contributed by atoms with Crippen molar-refractivity contribution in [2.24, 2.45) is 5.92 Å². The van der Waals surface area contributed by atoms with E-state index >= 15 is 0 Å². The molecule has 2 aromatic rings. The van der Waals surface area contributed by atoms with Gasteiger partial charge in [-0.1, -0.05) is 13.8 Å². The molecule has 0 unspecified atom stereocenters. The minimum atomic E-state index is -4.32. The second-order valence-corrected chi connectivity index (χ2v) is 12.1. The number of hydrogen-bond donors (Lipinski definition) is 1. The molecule has 0 heterocycles. The zero-order chi connectivity index (χ0) is 27.4. The molecule has 0 fully saturated rings. The van der Waals surface area contributed by atoms with E-state index in [4.69, 9.17) is 0 Å². The molecular formula is C20H25N5O9S2. The van der Waals surface area contributed by atoms with Crippen molar-refractivity contribution in [3.8, 4) is 0 Å². The normalized spacial score (nSPS) is 13.1. The van der Waals surface area contributed by atoms with Gasteiger partial charge in [0.2, 0.25) is 10.0 Å². The van der Waals surface area contributed by atoms with Gasteiger partial charge in [0.05, 0.1) is 19.6 Å². The second-order valence-electron chi connectivity index (χ2n) is 8.12. The number of nitro benzene ring substituents is 2. The summed E-state index contributed by atoms with van der Waals surface area (Å²) in [5.41, 5.74) is 1.53. The standard InChI is InChI=1S/C20H25N5O9S2/c1-14(2)13-19(22(3)35(31,32)17-9-5-15(6-10-17)24(27)28)20(26)21-23(4)36(33,34)18-11-7-16(8-12-18)25(29)30/h5-12,14,19H,13H2,1-4H3,(H,21,26)/t19-/m0/s1. The Labute approximate surface area is 207 Å². The summed E-state index contributed by atoms with van der Waals surface area (Å²) in [7, 11) is -6.43. The maximum atomic E-state index is 13.1. The highest BCUT2D eigenvalue weighted by Crippen LogP contribution is 2.23. The van der Waals surface area contributed by atoms with E-state index in [1.165, 1.54) is 0 Å². The fraction of sp³-hybridized carbons (Fsp3) is 0.350. The van der Waals surface area contributed by atoms with Crippen molar-refractivity contribution < 1.29 is 31.5 Å². The van der Waals surface area contributed by atoms with Gasteiger partial charge in [0.1, 0.15) is 6.04 Å². The summed E-state index contributed by atoms with van der Waals surface area (Å²) in [4.78, 5) is 32.7. The smallest absolute Gasteiger partial charge is 0.269 e. The SMILES string of the molecule is CC(C)C[C@@H](C(=O)NN(C)S(=O)(=O)c1ccc([N+](=O)[O-])cc1)N(C)S(=O)(=O)c1ccc([N+](=O)[O-])cc1. The first kappa shape index (κ1) is 28.8. The molecule has 0 aliphatic rings. The number of carbonyl (C=O) groups excluding carboxylic acids is 1. The Morgan fingerprint density at radius 1 is 0.833 bits per heavy atom. The molecule has 1 atom stereocenters. The number of nitro groups is 2. The van der Waals surface area contributed by atoms with Crippen molar-refractivity contribution >= 4 is 37.3 Å².